The zero-order valence-electron chi connectivity index (χ0n) is 14.4. The summed E-state index contributed by atoms with van der Waals surface area (Å²) in [6.07, 6.45) is 8.30. The van der Waals surface area contributed by atoms with Gasteiger partial charge in [0.25, 0.3) is 0 Å². The van der Waals surface area contributed by atoms with Crippen LogP contribution in [0.3, 0.4) is 0 Å². The van der Waals surface area contributed by atoms with Gasteiger partial charge in [-0.2, -0.15) is 5.10 Å². The third-order valence-electron chi connectivity index (χ3n) is 4.98. The van der Waals surface area contributed by atoms with Gasteiger partial charge in [0.05, 0.1) is 6.54 Å². The van der Waals surface area contributed by atoms with Crippen LogP contribution < -0.4 is 0 Å². The monoisotopic (exact) mass is 326 g/mol. The van der Waals surface area contributed by atoms with Crippen molar-refractivity contribution in [2.45, 2.75) is 45.6 Å². The maximum atomic E-state index is 12.4. The SMILES string of the molecule is Cc1ccccc1CC[C@H]1CCCN(C(=O)CCn2cncn2)C1. The highest BCUT2D eigenvalue weighted by Crippen LogP contribution is 2.23. The second-order valence-corrected chi connectivity index (χ2v) is 6.72. The summed E-state index contributed by atoms with van der Waals surface area (Å²) < 4.78 is 1.72. The van der Waals surface area contributed by atoms with Crippen LogP contribution in [0.2, 0.25) is 0 Å². The van der Waals surface area contributed by atoms with E-state index in [1.165, 1.54) is 23.9 Å². The molecule has 2 heterocycles. The lowest BCUT2D eigenvalue weighted by molar-refractivity contribution is -0.133. The fourth-order valence-corrected chi connectivity index (χ4v) is 3.49. The van der Waals surface area contributed by atoms with Gasteiger partial charge in [-0.15, -0.1) is 0 Å². The van der Waals surface area contributed by atoms with Crippen molar-refractivity contribution >= 4 is 5.91 Å². The highest BCUT2D eigenvalue weighted by Gasteiger charge is 2.23. The van der Waals surface area contributed by atoms with Crippen LogP contribution in [-0.2, 0) is 17.8 Å². The first-order valence-electron chi connectivity index (χ1n) is 8.87. The van der Waals surface area contributed by atoms with E-state index in [1.54, 1.807) is 11.0 Å². The van der Waals surface area contributed by atoms with E-state index in [1.807, 2.05) is 4.90 Å². The van der Waals surface area contributed by atoms with Crippen LogP contribution in [0.1, 0.15) is 36.8 Å². The summed E-state index contributed by atoms with van der Waals surface area (Å²) >= 11 is 0. The van der Waals surface area contributed by atoms with Gasteiger partial charge in [0.15, 0.2) is 0 Å². The van der Waals surface area contributed by atoms with E-state index in [9.17, 15) is 4.79 Å². The number of hydrogen-bond donors (Lipinski definition) is 0. The summed E-state index contributed by atoms with van der Waals surface area (Å²) in [4.78, 5) is 18.4. The van der Waals surface area contributed by atoms with Gasteiger partial charge in [0.2, 0.25) is 5.91 Å². The predicted molar refractivity (Wildman–Crippen MR) is 93.4 cm³/mol. The van der Waals surface area contributed by atoms with E-state index in [2.05, 4.69) is 41.3 Å². The number of amides is 1. The zero-order chi connectivity index (χ0) is 16.8. The largest absolute Gasteiger partial charge is 0.342 e. The molecule has 0 spiro atoms. The fourth-order valence-electron chi connectivity index (χ4n) is 3.49. The maximum Gasteiger partial charge on any atom is 0.224 e. The Balaban J connectivity index is 1.47. The topological polar surface area (TPSA) is 51.0 Å². The Kier molecular flexibility index (Phi) is 5.62. The zero-order valence-corrected chi connectivity index (χ0v) is 14.4. The molecule has 128 valence electrons. The van der Waals surface area contributed by atoms with Gasteiger partial charge in [-0.25, -0.2) is 4.98 Å². The van der Waals surface area contributed by atoms with Crippen molar-refractivity contribution in [3.8, 4) is 0 Å². The fraction of sp³-hybridized carbons (Fsp3) is 0.526. The molecule has 1 amide bonds. The molecule has 0 saturated carbocycles. The molecule has 1 saturated heterocycles. The lowest BCUT2D eigenvalue weighted by atomic mass is 9.90. The van der Waals surface area contributed by atoms with E-state index in [-0.39, 0.29) is 5.91 Å². The Labute approximate surface area is 143 Å². The minimum atomic E-state index is 0.242. The van der Waals surface area contributed by atoms with Crippen molar-refractivity contribution in [1.82, 2.24) is 19.7 Å². The average Bonchev–Trinajstić information content (AvgIpc) is 3.13. The molecule has 1 aromatic carbocycles. The van der Waals surface area contributed by atoms with E-state index >= 15 is 0 Å². The number of nitrogens with zero attached hydrogens (tertiary/aromatic N) is 4. The van der Waals surface area contributed by atoms with Crippen LogP contribution in [0.5, 0.6) is 0 Å². The van der Waals surface area contributed by atoms with Crippen molar-refractivity contribution in [1.29, 1.82) is 0 Å². The summed E-state index contributed by atoms with van der Waals surface area (Å²) in [6, 6.07) is 8.60. The van der Waals surface area contributed by atoms with Crippen LogP contribution in [0.15, 0.2) is 36.9 Å². The summed E-state index contributed by atoms with van der Waals surface area (Å²) in [5.41, 5.74) is 2.81. The summed E-state index contributed by atoms with van der Waals surface area (Å²) in [7, 11) is 0. The number of hydrogen-bond acceptors (Lipinski definition) is 3. The molecule has 0 unspecified atom stereocenters. The summed E-state index contributed by atoms with van der Waals surface area (Å²) in [6.45, 7) is 4.60. The van der Waals surface area contributed by atoms with Gasteiger partial charge in [-0.3, -0.25) is 9.48 Å². The van der Waals surface area contributed by atoms with Crippen molar-refractivity contribution in [3.63, 3.8) is 0 Å². The normalized spacial score (nSPS) is 17.9. The Morgan fingerprint density at radius 1 is 1.33 bits per heavy atom. The Hall–Kier alpha value is -2.17. The van der Waals surface area contributed by atoms with Crippen LogP contribution in [0.4, 0.5) is 0 Å². The number of piperidine rings is 1. The molecule has 2 aromatic rings. The molecule has 1 aliphatic heterocycles. The first-order chi connectivity index (χ1) is 11.7. The lowest BCUT2D eigenvalue weighted by Crippen LogP contribution is -2.40. The molecule has 1 fully saturated rings. The van der Waals surface area contributed by atoms with Gasteiger partial charge in [0, 0.05) is 19.5 Å². The number of rotatable bonds is 6. The average molecular weight is 326 g/mol. The Morgan fingerprint density at radius 2 is 2.21 bits per heavy atom. The Bertz CT molecular complexity index is 653. The molecule has 1 aliphatic rings. The first kappa shape index (κ1) is 16.7. The number of carbonyl (C=O) groups is 1. The van der Waals surface area contributed by atoms with Gasteiger partial charge >= 0.3 is 0 Å². The molecule has 0 radical (unpaired) electrons. The molecule has 0 N–H and O–H groups in total. The third-order valence-corrected chi connectivity index (χ3v) is 4.98. The molecule has 0 aliphatic carbocycles. The molecule has 3 rings (SSSR count). The molecule has 1 aromatic heterocycles. The lowest BCUT2D eigenvalue weighted by Gasteiger charge is -2.33. The Morgan fingerprint density at radius 3 is 3.00 bits per heavy atom. The second kappa shape index (κ2) is 8.08. The standard InChI is InChI=1S/C19H26N4O/c1-16-5-2-3-7-18(16)9-8-17-6-4-11-22(13-17)19(24)10-12-23-15-20-14-21-23/h2-3,5,7,14-15,17H,4,6,8-13H2,1H3/t17-/m1/s1. The van der Waals surface area contributed by atoms with Crippen LogP contribution in [0, 0.1) is 12.8 Å². The van der Waals surface area contributed by atoms with Gasteiger partial charge in [0.1, 0.15) is 12.7 Å². The number of likely N-dealkylation sites (tertiary alicyclic amines) is 1. The number of aryl methyl sites for hydroxylation is 3. The molecular weight excluding hydrogens is 300 g/mol. The minimum absolute atomic E-state index is 0.242. The maximum absolute atomic E-state index is 12.4. The summed E-state index contributed by atoms with van der Waals surface area (Å²) in [5.74, 6) is 0.861. The minimum Gasteiger partial charge on any atom is -0.342 e. The first-order valence-corrected chi connectivity index (χ1v) is 8.87. The predicted octanol–water partition coefficient (Wildman–Crippen LogP) is 2.85. The van der Waals surface area contributed by atoms with Gasteiger partial charge < -0.3 is 4.90 Å². The quantitative estimate of drug-likeness (QED) is 0.820. The number of benzene rings is 1. The molecule has 5 heteroatoms. The highest BCUT2D eigenvalue weighted by molar-refractivity contribution is 5.76. The van der Waals surface area contributed by atoms with Gasteiger partial charge in [-0.1, -0.05) is 24.3 Å². The van der Waals surface area contributed by atoms with E-state index in [0.717, 1.165) is 32.4 Å². The van der Waals surface area contributed by atoms with Crippen LogP contribution in [0.25, 0.3) is 0 Å². The van der Waals surface area contributed by atoms with Crippen molar-refractivity contribution in [2.24, 2.45) is 5.92 Å². The molecule has 24 heavy (non-hydrogen) atoms. The molecule has 0 bridgehead atoms. The highest BCUT2D eigenvalue weighted by atomic mass is 16.2. The number of carbonyl (C=O) groups excluding carboxylic acids is 1. The van der Waals surface area contributed by atoms with E-state index < -0.39 is 0 Å². The molecule has 1 atom stereocenters. The van der Waals surface area contributed by atoms with E-state index in [0.29, 0.717) is 18.9 Å². The van der Waals surface area contributed by atoms with Crippen LogP contribution >= 0.6 is 0 Å². The van der Waals surface area contributed by atoms with Crippen molar-refractivity contribution in [3.05, 3.63) is 48.0 Å². The van der Waals surface area contributed by atoms with Gasteiger partial charge in [-0.05, 0) is 49.7 Å². The summed E-state index contributed by atoms with van der Waals surface area (Å²) in [5, 5.41) is 4.05. The van der Waals surface area contributed by atoms with Crippen molar-refractivity contribution in [2.75, 3.05) is 13.1 Å². The van der Waals surface area contributed by atoms with Crippen LogP contribution in [-0.4, -0.2) is 38.7 Å². The number of aromatic nitrogens is 3. The third kappa shape index (κ3) is 4.43. The van der Waals surface area contributed by atoms with E-state index in [4.69, 9.17) is 0 Å². The smallest absolute Gasteiger partial charge is 0.224 e. The van der Waals surface area contributed by atoms with Crippen molar-refractivity contribution < 1.29 is 4.79 Å². The molecular formula is C19H26N4O. The second-order valence-electron chi connectivity index (χ2n) is 6.72. The molecule has 5 nitrogen and oxygen atoms in total.